The summed E-state index contributed by atoms with van der Waals surface area (Å²) in [5, 5.41) is 10.4. The summed E-state index contributed by atoms with van der Waals surface area (Å²) in [6.45, 7) is 6.20. The van der Waals surface area contributed by atoms with Crippen LogP contribution in [-0.4, -0.2) is 5.11 Å². The molecule has 1 nitrogen and oxygen atoms in total. The fourth-order valence-corrected chi connectivity index (χ4v) is 2.73. The number of thiophene rings is 1. The first kappa shape index (κ1) is 9.22. The van der Waals surface area contributed by atoms with Gasteiger partial charge < -0.3 is 5.11 Å². The van der Waals surface area contributed by atoms with Crippen molar-refractivity contribution in [2.24, 2.45) is 5.41 Å². The maximum Gasteiger partial charge on any atom is 0.101 e. The molecule has 0 aliphatic heterocycles. The van der Waals surface area contributed by atoms with Crippen molar-refractivity contribution < 1.29 is 5.11 Å². The molecule has 1 aliphatic carbocycles. The fraction of sp³-hybridized carbons (Fsp3) is 0.636. The highest BCUT2D eigenvalue weighted by Crippen LogP contribution is 2.58. The summed E-state index contributed by atoms with van der Waals surface area (Å²) in [4.78, 5) is 2.39. The third-order valence-electron chi connectivity index (χ3n) is 3.40. The third-order valence-corrected chi connectivity index (χ3v) is 4.61. The molecule has 2 heteroatoms. The van der Waals surface area contributed by atoms with Gasteiger partial charge in [-0.15, -0.1) is 11.3 Å². The second-order valence-electron chi connectivity index (χ2n) is 4.54. The van der Waals surface area contributed by atoms with Crippen molar-refractivity contribution in [1.82, 2.24) is 0 Å². The minimum absolute atomic E-state index is 0.129. The normalized spacial score (nSPS) is 24.0. The highest BCUT2D eigenvalue weighted by atomic mass is 32.1. The van der Waals surface area contributed by atoms with Crippen LogP contribution in [0.1, 0.15) is 36.4 Å². The smallest absolute Gasteiger partial charge is 0.101 e. The monoisotopic (exact) mass is 196 g/mol. The van der Waals surface area contributed by atoms with Gasteiger partial charge >= 0.3 is 0 Å². The molecule has 0 amide bonds. The van der Waals surface area contributed by atoms with E-state index in [2.05, 4.69) is 26.0 Å². The molecule has 0 bridgehead atoms. The second-order valence-corrected chi connectivity index (χ2v) is 5.83. The van der Waals surface area contributed by atoms with Crippen molar-refractivity contribution in [1.29, 1.82) is 0 Å². The van der Waals surface area contributed by atoms with Crippen LogP contribution in [0.15, 0.2) is 12.1 Å². The summed E-state index contributed by atoms with van der Waals surface area (Å²) in [5.74, 6) is 0. The summed E-state index contributed by atoms with van der Waals surface area (Å²) in [7, 11) is 0. The number of aliphatic hydroxyl groups is 1. The first-order chi connectivity index (χ1) is 5.96. The van der Waals surface area contributed by atoms with E-state index >= 15 is 0 Å². The second kappa shape index (κ2) is 2.58. The molecule has 0 aromatic carbocycles. The number of hydrogen-bond donors (Lipinski definition) is 1. The van der Waals surface area contributed by atoms with Crippen molar-refractivity contribution in [3.8, 4) is 0 Å². The molecular weight excluding hydrogens is 180 g/mol. The van der Waals surface area contributed by atoms with Crippen LogP contribution in [0.2, 0.25) is 0 Å². The molecule has 2 rings (SSSR count). The Labute approximate surface area is 83.4 Å². The van der Waals surface area contributed by atoms with Gasteiger partial charge in [0.1, 0.15) is 5.60 Å². The van der Waals surface area contributed by atoms with Gasteiger partial charge in [0.25, 0.3) is 0 Å². The van der Waals surface area contributed by atoms with E-state index in [4.69, 9.17) is 0 Å². The summed E-state index contributed by atoms with van der Waals surface area (Å²) in [6.07, 6.45) is 2.30. The third kappa shape index (κ3) is 1.32. The van der Waals surface area contributed by atoms with Gasteiger partial charge in [0, 0.05) is 15.2 Å². The molecule has 0 saturated heterocycles. The van der Waals surface area contributed by atoms with Gasteiger partial charge in [-0.1, -0.05) is 6.92 Å². The van der Waals surface area contributed by atoms with E-state index in [1.165, 1.54) is 4.88 Å². The van der Waals surface area contributed by atoms with Crippen LogP contribution in [0.3, 0.4) is 0 Å². The van der Waals surface area contributed by atoms with Crippen LogP contribution in [0.5, 0.6) is 0 Å². The predicted molar refractivity (Wildman–Crippen MR) is 56.0 cm³/mol. The van der Waals surface area contributed by atoms with Crippen LogP contribution < -0.4 is 0 Å². The average Bonchev–Trinajstić information content (AvgIpc) is 2.63. The van der Waals surface area contributed by atoms with Gasteiger partial charge in [-0.25, -0.2) is 0 Å². The predicted octanol–water partition coefficient (Wildman–Crippen LogP) is 3.06. The van der Waals surface area contributed by atoms with Crippen LogP contribution in [0, 0.1) is 12.3 Å². The largest absolute Gasteiger partial charge is 0.384 e. The standard InChI is InChI=1S/C11H16OS/c1-8-4-5-9(13-8)11(3,12)10(2)6-7-10/h4-5,12H,6-7H2,1-3H3. The highest BCUT2D eigenvalue weighted by molar-refractivity contribution is 7.12. The molecule has 72 valence electrons. The molecule has 1 aromatic rings. The van der Waals surface area contributed by atoms with Crippen LogP contribution in [-0.2, 0) is 5.60 Å². The summed E-state index contributed by atoms with van der Waals surface area (Å²) in [6, 6.07) is 4.14. The zero-order valence-corrected chi connectivity index (χ0v) is 9.24. The molecule has 0 radical (unpaired) electrons. The Balaban J connectivity index is 2.34. The molecule has 1 saturated carbocycles. The van der Waals surface area contributed by atoms with Gasteiger partial charge in [-0.2, -0.15) is 0 Å². The van der Waals surface area contributed by atoms with E-state index in [-0.39, 0.29) is 5.41 Å². The first-order valence-corrected chi connectivity index (χ1v) is 5.57. The lowest BCUT2D eigenvalue weighted by atomic mass is 9.86. The first-order valence-electron chi connectivity index (χ1n) is 4.75. The Bertz CT molecular complexity index is 321. The molecule has 13 heavy (non-hydrogen) atoms. The van der Waals surface area contributed by atoms with E-state index in [0.717, 1.165) is 17.7 Å². The van der Waals surface area contributed by atoms with E-state index < -0.39 is 5.60 Å². The minimum atomic E-state index is -0.619. The molecular formula is C11H16OS. The van der Waals surface area contributed by atoms with Gasteiger partial charge in [-0.05, 0) is 38.8 Å². The fourth-order valence-electron chi connectivity index (χ4n) is 1.67. The van der Waals surface area contributed by atoms with Crippen molar-refractivity contribution in [3.63, 3.8) is 0 Å². The Morgan fingerprint density at radius 1 is 1.46 bits per heavy atom. The molecule has 1 aliphatic rings. The van der Waals surface area contributed by atoms with E-state index in [1.807, 2.05) is 6.92 Å². The topological polar surface area (TPSA) is 20.2 Å². The van der Waals surface area contributed by atoms with Crippen molar-refractivity contribution in [3.05, 3.63) is 21.9 Å². The van der Waals surface area contributed by atoms with Gasteiger partial charge in [-0.3, -0.25) is 0 Å². The average molecular weight is 196 g/mol. The highest BCUT2D eigenvalue weighted by Gasteiger charge is 2.53. The van der Waals surface area contributed by atoms with Crippen molar-refractivity contribution in [2.75, 3.05) is 0 Å². The quantitative estimate of drug-likeness (QED) is 0.770. The van der Waals surface area contributed by atoms with E-state index in [0.29, 0.717) is 0 Å². The lowest BCUT2D eigenvalue weighted by Crippen LogP contribution is -2.30. The summed E-state index contributed by atoms with van der Waals surface area (Å²) < 4.78 is 0. The molecule has 1 atom stereocenters. The van der Waals surface area contributed by atoms with Crippen LogP contribution in [0.25, 0.3) is 0 Å². The Hall–Kier alpha value is -0.340. The Morgan fingerprint density at radius 2 is 2.08 bits per heavy atom. The number of rotatable bonds is 2. The molecule has 1 heterocycles. The number of hydrogen-bond acceptors (Lipinski definition) is 2. The molecule has 1 unspecified atom stereocenters. The van der Waals surface area contributed by atoms with E-state index in [1.54, 1.807) is 11.3 Å². The van der Waals surface area contributed by atoms with Crippen LogP contribution >= 0.6 is 11.3 Å². The Kier molecular flexibility index (Phi) is 1.83. The lowest BCUT2D eigenvalue weighted by molar-refractivity contribution is -0.00914. The maximum absolute atomic E-state index is 10.4. The zero-order chi connectivity index (χ0) is 9.69. The van der Waals surface area contributed by atoms with Gasteiger partial charge in [0.2, 0.25) is 0 Å². The molecule has 1 aromatic heterocycles. The summed E-state index contributed by atoms with van der Waals surface area (Å²) >= 11 is 1.71. The zero-order valence-electron chi connectivity index (χ0n) is 8.42. The van der Waals surface area contributed by atoms with Crippen LogP contribution in [0.4, 0.5) is 0 Å². The Morgan fingerprint density at radius 3 is 2.46 bits per heavy atom. The van der Waals surface area contributed by atoms with Crippen molar-refractivity contribution in [2.45, 2.75) is 39.2 Å². The summed E-state index contributed by atoms with van der Waals surface area (Å²) in [5.41, 5.74) is -0.490. The minimum Gasteiger partial charge on any atom is -0.384 e. The van der Waals surface area contributed by atoms with Gasteiger partial charge in [0.05, 0.1) is 0 Å². The van der Waals surface area contributed by atoms with Gasteiger partial charge in [0.15, 0.2) is 0 Å². The SMILES string of the molecule is Cc1ccc(C(C)(O)C2(C)CC2)s1. The molecule has 1 N–H and O–H groups in total. The molecule has 1 fully saturated rings. The lowest BCUT2D eigenvalue weighted by Gasteiger charge is -2.29. The van der Waals surface area contributed by atoms with Crippen molar-refractivity contribution >= 4 is 11.3 Å². The maximum atomic E-state index is 10.4. The molecule has 0 spiro atoms. The number of aryl methyl sites for hydroxylation is 1. The van der Waals surface area contributed by atoms with E-state index in [9.17, 15) is 5.11 Å².